The summed E-state index contributed by atoms with van der Waals surface area (Å²) in [6.07, 6.45) is 7.92. The van der Waals surface area contributed by atoms with Crippen molar-refractivity contribution in [2.24, 2.45) is 0 Å². The Balaban J connectivity index is 1.65. The van der Waals surface area contributed by atoms with Crippen LogP contribution in [0.3, 0.4) is 0 Å². The number of anilines is 1. The van der Waals surface area contributed by atoms with Gasteiger partial charge in [-0.25, -0.2) is 4.79 Å². The molecule has 0 spiro atoms. The molecule has 0 aliphatic rings. The van der Waals surface area contributed by atoms with E-state index in [1.807, 2.05) is 54.3 Å². The van der Waals surface area contributed by atoms with E-state index in [-0.39, 0.29) is 18.4 Å². The number of rotatable bonds is 16. The maximum atomic E-state index is 13.3. The van der Waals surface area contributed by atoms with Crippen LogP contribution in [0.15, 0.2) is 88.7 Å². The predicted molar refractivity (Wildman–Crippen MR) is 162 cm³/mol. The van der Waals surface area contributed by atoms with Gasteiger partial charge in [0.05, 0.1) is 13.0 Å². The van der Waals surface area contributed by atoms with E-state index in [9.17, 15) is 9.59 Å². The minimum absolute atomic E-state index is 0.0379. The van der Waals surface area contributed by atoms with Gasteiger partial charge in [0.2, 0.25) is 0 Å². The van der Waals surface area contributed by atoms with E-state index >= 15 is 0 Å². The normalized spacial score (nSPS) is 10.7. The molecular weight excluding hydrogens is 504 g/mol. The molecule has 0 saturated carbocycles. The summed E-state index contributed by atoms with van der Waals surface area (Å²) in [7, 11) is 0. The largest absolute Gasteiger partial charge is 0.466 e. The topological polar surface area (TPSA) is 58.6 Å². The molecule has 0 aliphatic carbocycles. The third-order valence-corrected chi connectivity index (χ3v) is 7.43. The summed E-state index contributed by atoms with van der Waals surface area (Å²) in [5.41, 5.74) is 3.11. The molecule has 5 nitrogen and oxygen atoms in total. The summed E-state index contributed by atoms with van der Waals surface area (Å²) in [5.74, 6) is -0.211. The summed E-state index contributed by atoms with van der Waals surface area (Å²) in [4.78, 5) is 29.1. The van der Waals surface area contributed by atoms with Crippen molar-refractivity contribution in [1.29, 1.82) is 0 Å². The van der Waals surface area contributed by atoms with E-state index in [0.29, 0.717) is 19.7 Å². The summed E-state index contributed by atoms with van der Waals surface area (Å²) < 4.78 is 5.04. The number of unbranched alkanes of at least 4 members (excludes halogenated alkanes) is 4. The molecule has 39 heavy (non-hydrogen) atoms. The van der Waals surface area contributed by atoms with Crippen LogP contribution in [-0.2, 0) is 22.4 Å². The minimum Gasteiger partial charge on any atom is -0.466 e. The first-order valence-electron chi connectivity index (χ1n) is 14.2. The molecule has 0 bridgehead atoms. The van der Waals surface area contributed by atoms with Crippen molar-refractivity contribution in [3.05, 3.63) is 90.0 Å². The molecule has 0 saturated heterocycles. The number of amides is 2. The van der Waals surface area contributed by atoms with Crippen molar-refractivity contribution in [2.75, 3.05) is 24.6 Å². The lowest BCUT2D eigenvalue weighted by atomic mass is 10.1. The number of urea groups is 1. The van der Waals surface area contributed by atoms with Crippen LogP contribution in [0.4, 0.5) is 10.5 Å². The zero-order valence-corrected chi connectivity index (χ0v) is 24.2. The molecule has 3 aromatic carbocycles. The Morgan fingerprint density at radius 3 is 2.31 bits per heavy atom. The van der Waals surface area contributed by atoms with Gasteiger partial charge < -0.3 is 10.1 Å². The van der Waals surface area contributed by atoms with Gasteiger partial charge in [0.25, 0.3) is 0 Å². The molecule has 0 radical (unpaired) electrons. The van der Waals surface area contributed by atoms with Crippen LogP contribution in [0.25, 0.3) is 0 Å². The highest BCUT2D eigenvalue weighted by Crippen LogP contribution is 2.31. The van der Waals surface area contributed by atoms with Gasteiger partial charge in [0.1, 0.15) is 0 Å². The van der Waals surface area contributed by atoms with Crippen molar-refractivity contribution in [2.45, 2.75) is 75.0 Å². The molecule has 0 fully saturated rings. The Morgan fingerprint density at radius 1 is 0.795 bits per heavy atom. The van der Waals surface area contributed by atoms with Crippen molar-refractivity contribution < 1.29 is 14.3 Å². The molecule has 0 heterocycles. The summed E-state index contributed by atoms with van der Waals surface area (Å²) >= 11 is 1.64. The zero-order chi connectivity index (χ0) is 27.7. The Labute approximate surface area is 238 Å². The van der Waals surface area contributed by atoms with Crippen LogP contribution in [0.5, 0.6) is 0 Å². The highest BCUT2D eigenvalue weighted by atomic mass is 32.2. The molecule has 3 rings (SSSR count). The fourth-order valence-corrected chi connectivity index (χ4v) is 5.23. The number of ether oxygens (including phenoxy) is 1. The number of esters is 1. The molecule has 1 N–H and O–H groups in total. The van der Waals surface area contributed by atoms with Gasteiger partial charge in [-0.15, -0.1) is 0 Å². The van der Waals surface area contributed by atoms with Crippen LogP contribution < -0.4 is 10.2 Å². The minimum atomic E-state index is -0.211. The number of carbonyl (C=O) groups excluding carboxylic acids is 2. The van der Waals surface area contributed by atoms with E-state index in [0.717, 1.165) is 46.7 Å². The standard InChI is InChI=1S/C33H42N2O3S/c1-3-5-6-7-11-23-34-33(37)35(24-13-16-27-14-9-8-10-15-27)29-17-12-18-31(26-29)39-30-21-19-28(20-22-30)25-32(36)38-4-2/h8-10,12,14-15,17-22,26H,3-7,11,13,16,23-25H2,1-2H3,(H,34,37). The van der Waals surface area contributed by atoms with Gasteiger partial charge in [-0.1, -0.05) is 92.9 Å². The van der Waals surface area contributed by atoms with Gasteiger partial charge in [0, 0.05) is 28.6 Å². The lowest BCUT2D eigenvalue weighted by Gasteiger charge is -2.24. The fraction of sp³-hybridized carbons (Fsp3) is 0.394. The van der Waals surface area contributed by atoms with E-state index in [1.165, 1.54) is 24.8 Å². The Hall–Kier alpha value is -3.25. The number of hydrogen-bond donors (Lipinski definition) is 1. The number of benzene rings is 3. The molecule has 0 atom stereocenters. The van der Waals surface area contributed by atoms with Crippen LogP contribution in [0.1, 0.15) is 63.5 Å². The number of carbonyl (C=O) groups is 2. The summed E-state index contributed by atoms with van der Waals surface area (Å²) in [5, 5.41) is 3.15. The zero-order valence-electron chi connectivity index (χ0n) is 23.4. The number of hydrogen-bond acceptors (Lipinski definition) is 4. The number of nitrogens with one attached hydrogen (secondary N) is 1. The average Bonchev–Trinajstić information content (AvgIpc) is 2.95. The average molecular weight is 547 g/mol. The lowest BCUT2D eigenvalue weighted by Crippen LogP contribution is -2.41. The van der Waals surface area contributed by atoms with Crippen LogP contribution in [-0.4, -0.2) is 31.7 Å². The van der Waals surface area contributed by atoms with E-state index in [2.05, 4.69) is 48.6 Å². The summed E-state index contributed by atoms with van der Waals surface area (Å²) in [6, 6.07) is 26.5. The van der Waals surface area contributed by atoms with Crippen molar-refractivity contribution in [3.63, 3.8) is 0 Å². The van der Waals surface area contributed by atoms with Crippen molar-refractivity contribution in [1.82, 2.24) is 5.32 Å². The Kier molecular flexibility index (Phi) is 13.5. The van der Waals surface area contributed by atoms with Crippen LogP contribution >= 0.6 is 11.8 Å². The number of nitrogens with zero attached hydrogens (tertiary/aromatic N) is 1. The molecule has 208 valence electrons. The van der Waals surface area contributed by atoms with Crippen molar-refractivity contribution >= 4 is 29.4 Å². The van der Waals surface area contributed by atoms with Gasteiger partial charge in [0.15, 0.2) is 0 Å². The van der Waals surface area contributed by atoms with Gasteiger partial charge >= 0.3 is 12.0 Å². The quantitative estimate of drug-likeness (QED) is 0.146. The van der Waals surface area contributed by atoms with Crippen LogP contribution in [0.2, 0.25) is 0 Å². The highest BCUT2D eigenvalue weighted by Gasteiger charge is 2.16. The fourth-order valence-electron chi connectivity index (χ4n) is 4.36. The van der Waals surface area contributed by atoms with Crippen molar-refractivity contribution in [3.8, 4) is 0 Å². The molecule has 6 heteroatoms. The second kappa shape index (κ2) is 17.4. The third-order valence-electron chi connectivity index (χ3n) is 6.43. The molecule has 2 amide bonds. The maximum absolute atomic E-state index is 13.3. The van der Waals surface area contributed by atoms with Gasteiger partial charge in [-0.2, -0.15) is 0 Å². The summed E-state index contributed by atoms with van der Waals surface area (Å²) in [6.45, 7) is 5.76. The number of aryl methyl sites for hydroxylation is 1. The second-order valence-electron chi connectivity index (χ2n) is 9.61. The first kappa shape index (κ1) is 30.3. The monoisotopic (exact) mass is 546 g/mol. The molecule has 0 aliphatic heterocycles. The molecule has 0 aromatic heterocycles. The Morgan fingerprint density at radius 2 is 1.56 bits per heavy atom. The van der Waals surface area contributed by atoms with E-state index in [4.69, 9.17) is 4.74 Å². The predicted octanol–water partition coefficient (Wildman–Crippen LogP) is 8.06. The maximum Gasteiger partial charge on any atom is 0.321 e. The molecule has 0 unspecified atom stereocenters. The highest BCUT2D eigenvalue weighted by molar-refractivity contribution is 7.99. The smallest absolute Gasteiger partial charge is 0.321 e. The Bertz CT molecular complexity index is 1140. The molecular formula is C33H42N2O3S. The van der Waals surface area contributed by atoms with Gasteiger partial charge in [-0.3, -0.25) is 9.69 Å². The molecule has 3 aromatic rings. The lowest BCUT2D eigenvalue weighted by molar-refractivity contribution is -0.142. The third kappa shape index (κ3) is 11.2. The SMILES string of the molecule is CCCCCCCNC(=O)N(CCCc1ccccc1)c1cccc(Sc2ccc(CC(=O)OCC)cc2)c1. The first-order chi connectivity index (χ1) is 19.1. The second-order valence-corrected chi connectivity index (χ2v) is 10.8. The first-order valence-corrected chi connectivity index (χ1v) is 15.0. The van der Waals surface area contributed by atoms with Gasteiger partial charge in [-0.05, 0) is 67.6 Å². The van der Waals surface area contributed by atoms with Crippen LogP contribution in [0, 0.1) is 0 Å². The van der Waals surface area contributed by atoms with E-state index in [1.54, 1.807) is 11.8 Å². The van der Waals surface area contributed by atoms with E-state index < -0.39 is 0 Å².